The van der Waals surface area contributed by atoms with Gasteiger partial charge in [0.25, 0.3) is 5.91 Å². The largest absolute Gasteiger partial charge is 0.486 e. The SMILES string of the molecule is CCN(C(=O)c1cc(Cl)c2c(c1)OCCO2)C(C)c1ccc(C#N)cc1. The molecule has 6 heteroatoms. The highest BCUT2D eigenvalue weighted by atomic mass is 35.5. The first kappa shape index (κ1) is 18.1. The average Bonchev–Trinajstić information content (AvgIpc) is 2.68. The van der Waals surface area contributed by atoms with E-state index in [4.69, 9.17) is 26.3 Å². The van der Waals surface area contributed by atoms with Gasteiger partial charge in [-0.3, -0.25) is 4.79 Å². The van der Waals surface area contributed by atoms with E-state index in [1.54, 1.807) is 29.2 Å². The first-order valence-corrected chi connectivity index (χ1v) is 8.83. The Kier molecular flexibility index (Phi) is 5.34. The number of halogens is 1. The molecule has 0 saturated carbocycles. The van der Waals surface area contributed by atoms with E-state index in [0.29, 0.717) is 47.4 Å². The summed E-state index contributed by atoms with van der Waals surface area (Å²) in [4.78, 5) is 14.8. The summed E-state index contributed by atoms with van der Waals surface area (Å²) >= 11 is 6.26. The van der Waals surface area contributed by atoms with E-state index < -0.39 is 0 Å². The molecule has 1 aliphatic heterocycles. The molecule has 0 bridgehead atoms. The molecule has 5 nitrogen and oxygen atoms in total. The maximum absolute atomic E-state index is 13.1. The first-order valence-electron chi connectivity index (χ1n) is 8.45. The molecule has 2 aromatic carbocycles. The second-order valence-electron chi connectivity index (χ2n) is 5.98. The zero-order valence-corrected chi connectivity index (χ0v) is 15.4. The van der Waals surface area contributed by atoms with Gasteiger partial charge in [-0.1, -0.05) is 23.7 Å². The van der Waals surface area contributed by atoms with E-state index in [9.17, 15) is 4.79 Å². The topological polar surface area (TPSA) is 62.6 Å². The van der Waals surface area contributed by atoms with Gasteiger partial charge in [-0.05, 0) is 43.7 Å². The van der Waals surface area contributed by atoms with Crippen molar-refractivity contribution in [2.45, 2.75) is 19.9 Å². The minimum absolute atomic E-state index is 0.136. The summed E-state index contributed by atoms with van der Waals surface area (Å²) in [6.45, 7) is 5.29. The summed E-state index contributed by atoms with van der Waals surface area (Å²) in [6.07, 6.45) is 0. The Labute approximate surface area is 157 Å². The Morgan fingerprint density at radius 3 is 2.62 bits per heavy atom. The standard InChI is InChI=1S/C20H19ClN2O3/c1-3-23(13(2)15-6-4-14(12-22)5-7-15)20(24)16-10-17(21)19-18(11-16)25-8-9-26-19/h4-7,10-11,13H,3,8-9H2,1-2H3. The van der Waals surface area contributed by atoms with Crippen LogP contribution in [0.4, 0.5) is 0 Å². The molecule has 1 amide bonds. The molecule has 0 aliphatic carbocycles. The van der Waals surface area contributed by atoms with Gasteiger partial charge in [-0.2, -0.15) is 5.26 Å². The number of hydrogen-bond donors (Lipinski definition) is 0. The summed E-state index contributed by atoms with van der Waals surface area (Å²) in [5, 5.41) is 9.30. The van der Waals surface area contributed by atoms with E-state index in [2.05, 4.69) is 6.07 Å². The predicted molar refractivity (Wildman–Crippen MR) is 98.7 cm³/mol. The van der Waals surface area contributed by atoms with Crippen LogP contribution in [0.5, 0.6) is 11.5 Å². The van der Waals surface area contributed by atoms with E-state index >= 15 is 0 Å². The third-order valence-corrected chi connectivity index (χ3v) is 4.72. The maximum atomic E-state index is 13.1. The first-order chi connectivity index (χ1) is 12.5. The number of carbonyl (C=O) groups excluding carboxylic acids is 1. The van der Waals surface area contributed by atoms with Crippen molar-refractivity contribution in [2.75, 3.05) is 19.8 Å². The number of rotatable bonds is 4. The van der Waals surface area contributed by atoms with Crippen LogP contribution in [0.25, 0.3) is 0 Å². The molecule has 134 valence electrons. The molecule has 0 radical (unpaired) electrons. The molecular formula is C20H19ClN2O3. The van der Waals surface area contributed by atoms with Crippen LogP contribution in [-0.2, 0) is 0 Å². The normalized spacial score (nSPS) is 13.6. The highest BCUT2D eigenvalue weighted by molar-refractivity contribution is 6.32. The molecule has 0 fully saturated rings. The highest BCUT2D eigenvalue weighted by Crippen LogP contribution is 2.39. The van der Waals surface area contributed by atoms with Crippen molar-refractivity contribution in [2.24, 2.45) is 0 Å². The number of fused-ring (bicyclic) bond motifs is 1. The Morgan fingerprint density at radius 1 is 1.27 bits per heavy atom. The highest BCUT2D eigenvalue weighted by Gasteiger charge is 2.25. The van der Waals surface area contributed by atoms with Crippen LogP contribution in [-0.4, -0.2) is 30.6 Å². The lowest BCUT2D eigenvalue weighted by Crippen LogP contribution is -2.33. The third kappa shape index (κ3) is 3.47. The van der Waals surface area contributed by atoms with Crippen LogP contribution < -0.4 is 9.47 Å². The summed E-state index contributed by atoms with van der Waals surface area (Å²) in [7, 11) is 0. The molecule has 2 aromatic rings. The molecule has 1 atom stereocenters. The van der Waals surface area contributed by atoms with Crippen molar-refractivity contribution in [3.63, 3.8) is 0 Å². The van der Waals surface area contributed by atoms with E-state index in [1.165, 1.54) is 0 Å². The quantitative estimate of drug-likeness (QED) is 0.808. The van der Waals surface area contributed by atoms with Crippen molar-refractivity contribution < 1.29 is 14.3 Å². The molecular weight excluding hydrogens is 352 g/mol. The molecule has 26 heavy (non-hydrogen) atoms. The van der Waals surface area contributed by atoms with Crippen molar-refractivity contribution in [3.8, 4) is 17.6 Å². The number of nitriles is 1. The van der Waals surface area contributed by atoms with Crippen LogP contribution in [0.2, 0.25) is 5.02 Å². The molecule has 0 saturated heterocycles. The lowest BCUT2D eigenvalue weighted by molar-refractivity contribution is 0.0701. The van der Waals surface area contributed by atoms with Gasteiger partial charge in [0.05, 0.1) is 22.7 Å². The Morgan fingerprint density at radius 2 is 1.96 bits per heavy atom. The van der Waals surface area contributed by atoms with Gasteiger partial charge in [-0.15, -0.1) is 0 Å². The van der Waals surface area contributed by atoms with Crippen molar-refractivity contribution in [1.29, 1.82) is 5.26 Å². The summed E-state index contributed by atoms with van der Waals surface area (Å²) in [6, 6.07) is 12.5. The zero-order chi connectivity index (χ0) is 18.7. The van der Waals surface area contributed by atoms with Crippen LogP contribution >= 0.6 is 11.6 Å². The van der Waals surface area contributed by atoms with Crippen molar-refractivity contribution in [1.82, 2.24) is 4.90 Å². The number of benzene rings is 2. The van der Waals surface area contributed by atoms with Crippen molar-refractivity contribution >= 4 is 17.5 Å². The predicted octanol–water partition coefficient (Wildman–Crippen LogP) is 4.21. The van der Waals surface area contributed by atoms with Crippen LogP contribution in [0.15, 0.2) is 36.4 Å². The molecule has 0 aromatic heterocycles. The molecule has 1 unspecified atom stereocenters. The number of nitrogens with zero attached hydrogens (tertiary/aromatic N) is 2. The van der Waals surface area contributed by atoms with Gasteiger partial charge in [0.2, 0.25) is 0 Å². The fourth-order valence-corrected chi connectivity index (χ4v) is 3.27. The lowest BCUT2D eigenvalue weighted by atomic mass is 10.0. The molecule has 0 N–H and O–H groups in total. The van der Waals surface area contributed by atoms with Gasteiger partial charge in [0.1, 0.15) is 13.2 Å². The minimum atomic E-state index is -0.146. The van der Waals surface area contributed by atoms with Crippen LogP contribution in [0, 0.1) is 11.3 Å². The van der Waals surface area contributed by atoms with E-state index in [1.807, 2.05) is 26.0 Å². The summed E-state index contributed by atoms with van der Waals surface area (Å²) < 4.78 is 11.1. The van der Waals surface area contributed by atoms with Crippen LogP contribution in [0.1, 0.15) is 41.4 Å². The second-order valence-corrected chi connectivity index (χ2v) is 6.39. The average molecular weight is 371 g/mol. The van der Waals surface area contributed by atoms with Crippen molar-refractivity contribution in [3.05, 3.63) is 58.1 Å². The van der Waals surface area contributed by atoms with Gasteiger partial charge in [0, 0.05) is 12.1 Å². The Bertz CT molecular complexity index is 859. The smallest absolute Gasteiger partial charge is 0.254 e. The molecule has 3 rings (SSSR count). The fraction of sp³-hybridized carbons (Fsp3) is 0.300. The second kappa shape index (κ2) is 7.67. The zero-order valence-electron chi connectivity index (χ0n) is 14.7. The Balaban J connectivity index is 1.88. The Hall–Kier alpha value is -2.71. The van der Waals surface area contributed by atoms with E-state index in [0.717, 1.165) is 5.56 Å². The third-order valence-electron chi connectivity index (χ3n) is 4.44. The van der Waals surface area contributed by atoms with Gasteiger partial charge >= 0.3 is 0 Å². The number of hydrogen-bond acceptors (Lipinski definition) is 4. The molecule has 1 heterocycles. The number of ether oxygens (including phenoxy) is 2. The van der Waals surface area contributed by atoms with Crippen LogP contribution in [0.3, 0.4) is 0 Å². The fourth-order valence-electron chi connectivity index (χ4n) is 3.01. The van der Waals surface area contributed by atoms with E-state index in [-0.39, 0.29) is 11.9 Å². The molecule has 1 aliphatic rings. The maximum Gasteiger partial charge on any atom is 0.254 e. The van der Waals surface area contributed by atoms with Gasteiger partial charge in [-0.25, -0.2) is 0 Å². The summed E-state index contributed by atoms with van der Waals surface area (Å²) in [5.41, 5.74) is 2.01. The number of amides is 1. The van der Waals surface area contributed by atoms with Gasteiger partial charge in [0.15, 0.2) is 11.5 Å². The monoisotopic (exact) mass is 370 g/mol. The van der Waals surface area contributed by atoms with Gasteiger partial charge < -0.3 is 14.4 Å². The minimum Gasteiger partial charge on any atom is -0.486 e. The number of carbonyl (C=O) groups is 1. The lowest BCUT2D eigenvalue weighted by Gasteiger charge is -2.29. The summed E-state index contributed by atoms with van der Waals surface area (Å²) in [5.74, 6) is 0.843. The molecule has 0 spiro atoms.